The number of methoxy groups -OCH3 is 1. The summed E-state index contributed by atoms with van der Waals surface area (Å²) in [6.07, 6.45) is 8.17. The van der Waals surface area contributed by atoms with Crippen molar-refractivity contribution in [2.24, 2.45) is 11.8 Å². The van der Waals surface area contributed by atoms with E-state index in [4.69, 9.17) is 4.74 Å². The first-order valence-corrected chi connectivity index (χ1v) is 13.3. The van der Waals surface area contributed by atoms with E-state index in [2.05, 4.69) is 24.1 Å². The lowest BCUT2D eigenvalue weighted by Crippen LogP contribution is -2.39. The minimum absolute atomic E-state index is 0.0805. The molecule has 1 aliphatic heterocycles. The Morgan fingerprint density at radius 2 is 1.71 bits per heavy atom. The van der Waals surface area contributed by atoms with Crippen LogP contribution in [-0.4, -0.2) is 51.8 Å². The van der Waals surface area contributed by atoms with Crippen molar-refractivity contribution in [2.75, 3.05) is 32.6 Å². The second kappa shape index (κ2) is 13.1. The van der Waals surface area contributed by atoms with Gasteiger partial charge in [-0.25, -0.2) is 8.42 Å². The van der Waals surface area contributed by atoms with E-state index < -0.39 is 9.84 Å². The molecule has 1 aliphatic rings. The molecule has 0 unspecified atom stereocenters. The van der Waals surface area contributed by atoms with Crippen molar-refractivity contribution >= 4 is 15.7 Å². The number of sulfone groups is 1. The van der Waals surface area contributed by atoms with E-state index in [0.29, 0.717) is 29.0 Å². The lowest BCUT2D eigenvalue weighted by Gasteiger charge is -2.31. The molecule has 1 atom stereocenters. The van der Waals surface area contributed by atoms with Gasteiger partial charge in [-0.15, -0.1) is 0 Å². The van der Waals surface area contributed by atoms with Crippen LogP contribution in [0.5, 0.6) is 5.75 Å². The Morgan fingerprint density at radius 1 is 1.03 bits per heavy atom. The Bertz CT molecular complexity index is 756. The number of carbonyl (C=O) groups excluding carboxylic acids is 1. The van der Waals surface area contributed by atoms with Gasteiger partial charge < -0.3 is 15.0 Å². The summed E-state index contributed by atoms with van der Waals surface area (Å²) in [5, 5.41) is 3.05. The molecule has 1 saturated heterocycles. The number of ether oxygens (including phenoxy) is 1. The van der Waals surface area contributed by atoms with Gasteiger partial charge >= 0.3 is 0 Å². The number of likely N-dealkylation sites (tertiary alicyclic amines) is 1. The van der Waals surface area contributed by atoms with Gasteiger partial charge in [0.2, 0.25) is 5.91 Å². The maximum absolute atomic E-state index is 13.0. The molecule has 31 heavy (non-hydrogen) atoms. The standard InChI is InChI=1S/C24H40N2O4S/c1-20(2)10-11-21(24(27)26-17-7-4-8-18-26)9-5-6-16-25-19-31(28,29)23-14-12-22(30-3)13-15-23/h12-15,20-21,25H,4-11,16-19H2,1-3H3/t21-/m0/s1. The van der Waals surface area contributed by atoms with E-state index in [0.717, 1.165) is 58.0 Å². The average Bonchev–Trinajstić information content (AvgIpc) is 2.78. The average molecular weight is 453 g/mol. The van der Waals surface area contributed by atoms with E-state index in [9.17, 15) is 13.2 Å². The Morgan fingerprint density at radius 3 is 2.32 bits per heavy atom. The van der Waals surface area contributed by atoms with Crippen LogP contribution in [0.15, 0.2) is 29.2 Å². The third-order valence-corrected chi connectivity index (χ3v) is 7.55. The molecule has 7 heteroatoms. The predicted molar refractivity (Wildman–Crippen MR) is 125 cm³/mol. The molecule has 176 valence electrons. The van der Waals surface area contributed by atoms with Crippen molar-refractivity contribution in [3.63, 3.8) is 0 Å². The number of nitrogens with zero attached hydrogens (tertiary/aromatic N) is 1. The van der Waals surface area contributed by atoms with Crippen LogP contribution >= 0.6 is 0 Å². The van der Waals surface area contributed by atoms with Crippen LogP contribution in [0.4, 0.5) is 0 Å². The first kappa shape index (κ1) is 25.7. The van der Waals surface area contributed by atoms with Crippen LogP contribution < -0.4 is 10.1 Å². The van der Waals surface area contributed by atoms with E-state index in [-0.39, 0.29) is 11.8 Å². The maximum Gasteiger partial charge on any atom is 0.225 e. The maximum atomic E-state index is 13.0. The fourth-order valence-corrected chi connectivity index (χ4v) is 5.14. The second-order valence-electron chi connectivity index (χ2n) is 8.98. The fourth-order valence-electron chi connectivity index (χ4n) is 4.01. The Balaban J connectivity index is 1.74. The van der Waals surface area contributed by atoms with E-state index in [1.54, 1.807) is 31.4 Å². The zero-order valence-corrected chi connectivity index (χ0v) is 20.3. The van der Waals surface area contributed by atoms with Crippen molar-refractivity contribution in [3.8, 4) is 5.75 Å². The van der Waals surface area contributed by atoms with E-state index >= 15 is 0 Å². The first-order chi connectivity index (χ1) is 14.8. The molecule has 1 amide bonds. The van der Waals surface area contributed by atoms with E-state index in [1.165, 1.54) is 6.42 Å². The van der Waals surface area contributed by atoms with Crippen molar-refractivity contribution in [1.82, 2.24) is 10.2 Å². The van der Waals surface area contributed by atoms with Crippen molar-refractivity contribution in [1.29, 1.82) is 0 Å². The lowest BCUT2D eigenvalue weighted by atomic mass is 9.91. The number of carbonyl (C=O) groups is 1. The van der Waals surface area contributed by atoms with Crippen LogP contribution in [0.3, 0.4) is 0 Å². The SMILES string of the molecule is COc1ccc(S(=O)(=O)CNCCCC[C@@H](CCC(C)C)C(=O)N2CCCCC2)cc1. The number of unbranched alkanes of at least 4 members (excludes halogenated alkanes) is 1. The highest BCUT2D eigenvalue weighted by Crippen LogP contribution is 2.23. The number of nitrogens with one attached hydrogen (secondary N) is 1. The molecule has 0 saturated carbocycles. The second-order valence-corrected chi connectivity index (χ2v) is 11.0. The van der Waals surface area contributed by atoms with Gasteiger partial charge in [0.05, 0.1) is 12.0 Å². The minimum Gasteiger partial charge on any atom is -0.497 e. The quantitative estimate of drug-likeness (QED) is 0.453. The summed E-state index contributed by atoms with van der Waals surface area (Å²) >= 11 is 0. The summed E-state index contributed by atoms with van der Waals surface area (Å²) in [6.45, 7) is 6.85. The molecule has 0 bridgehead atoms. The number of hydrogen-bond donors (Lipinski definition) is 1. The van der Waals surface area contributed by atoms with Crippen LogP contribution in [0.1, 0.15) is 65.2 Å². The smallest absolute Gasteiger partial charge is 0.225 e. The van der Waals surface area contributed by atoms with Gasteiger partial charge in [-0.1, -0.05) is 26.7 Å². The minimum atomic E-state index is -3.36. The molecule has 1 aromatic rings. The van der Waals surface area contributed by atoms with Crippen molar-refractivity contribution in [2.45, 2.75) is 70.1 Å². The summed E-state index contributed by atoms with van der Waals surface area (Å²) in [5.74, 6) is 1.58. The molecule has 0 aliphatic carbocycles. The number of rotatable bonds is 13. The molecule has 0 spiro atoms. The molecule has 0 radical (unpaired) electrons. The van der Waals surface area contributed by atoms with Gasteiger partial charge in [0.1, 0.15) is 11.6 Å². The van der Waals surface area contributed by atoms with E-state index in [1.807, 2.05) is 0 Å². The number of piperidine rings is 1. The monoisotopic (exact) mass is 452 g/mol. The van der Waals surface area contributed by atoms with Gasteiger partial charge in [-0.2, -0.15) is 0 Å². The first-order valence-electron chi connectivity index (χ1n) is 11.7. The molecule has 6 nitrogen and oxygen atoms in total. The summed E-state index contributed by atoms with van der Waals surface area (Å²) in [5.41, 5.74) is 0. The van der Waals surface area contributed by atoms with Gasteiger partial charge in [0.15, 0.2) is 9.84 Å². The third kappa shape index (κ3) is 8.81. The van der Waals surface area contributed by atoms with Gasteiger partial charge in [0.25, 0.3) is 0 Å². The summed E-state index contributed by atoms with van der Waals surface area (Å²) in [4.78, 5) is 15.3. The molecule has 0 aromatic heterocycles. The zero-order chi connectivity index (χ0) is 22.7. The van der Waals surface area contributed by atoms with Gasteiger partial charge in [0, 0.05) is 19.0 Å². The highest BCUT2D eigenvalue weighted by atomic mass is 32.2. The molecule has 1 fully saturated rings. The summed E-state index contributed by atoms with van der Waals surface area (Å²) in [7, 11) is -1.81. The Hall–Kier alpha value is -1.60. The van der Waals surface area contributed by atoms with Crippen molar-refractivity contribution in [3.05, 3.63) is 24.3 Å². The molecular formula is C24H40N2O4S. The highest BCUT2D eigenvalue weighted by molar-refractivity contribution is 7.91. The Labute approximate surface area is 188 Å². The fraction of sp³-hybridized carbons (Fsp3) is 0.708. The van der Waals surface area contributed by atoms with Gasteiger partial charge in [-0.3, -0.25) is 4.79 Å². The lowest BCUT2D eigenvalue weighted by molar-refractivity contribution is -0.137. The Kier molecular flexibility index (Phi) is 10.8. The number of amides is 1. The summed E-state index contributed by atoms with van der Waals surface area (Å²) < 4.78 is 29.9. The van der Waals surface area contributed by atoms with Crippen LogP contribution in [0, 0.1) is 11.8 Å². The normalized spacial score (nSPS) is 15.8. The third-order valence-electron chi connectivity index (χ3n) is 5.98. The molecule has 2 rings (SSSR count). The van der Waals surface area contributed by atoms with Crippen molar-refractivity contribution < 1.29 is 17.9 Å². The molecule has 1 heterocycles. The van der Waals surface area contributed by atoms with Crippen LogP contribution in [0.25, 0.3) is 0 Å². The van der Waals surface area contributed by atoms with Gasteiger partial charge in [-0.05, 0) is 75.3 Å². The molecule has 1 N–H and O–H groups in total. The largest absolute Gasteiger partial charge is 0.497 e. The molecular weight excluding hydrogens is 412 g/mol. The number of hydrogen-bond acceptors (Lipinski definition) is 5. The number of benzene rings is 1. The highest BCUT2D eigenvalue weighted by Gasteiger charge is 2.25. The topological polar surface area (TPSA) is 75.7 Å². The van der Waals surface area contributed by atoms with Crippen LogP contribution in [-0.2, 0) is 14.6 Å². The predicted octanol–water partition coefficient (Wildman–Crippen LogP) is 4.25. The van der Waals surface area contributed by atoms with Crippen LogP contribution in [0.2, 0.25) is 0 Å². The summed E-state index contributed by atoms with van der Waals surface area (Å²) in [6, 6.07) is 6.45. The molecule has 1 aromatic carbocycles. The zero-order valence-electron chi connectivity index (χ0n) is 19.4.